The number of benzene rings is 1. The molecule has 3 N–H and O–H groups in total. The average Bonchev–Trinajstić information content (AvgIpc) is 3.14. The van der Waals surface area contributed by atoms with Gasteiger partial charge in [-0.3, -0.25) is 9.69 Å². The van der Waals surface area contributed by atoms with E-state index in [0.717, 1.165) is 31.7 Å². The van der Waals surface area contributed by atoms with Crippen LogP contribution in [-0.2, 0) is 17.9 Å². The highest BCUT2D eigenvalue weighted by molar-refractivity contribution is 5.76. The second-order valence-corrected chi connectivity index (χ2v) is 6.88. The third-order valence-corrected chi connectivity index (χ3v) is 4.72. The Bertz CT molecular complexity index is 697. The molecule has 1 aliphatic heterocycles. The van der Waals surface area contributed by atoms with E-state index in [9.17, 15) is 4.79 Å². The minimum atomic E-state index is -0.0334. The van der Waals surface area contributed by atoms with E-state index in [1.807, 2.05) is 6.92 Å². The van der Waals surface area contributed by atoms with Gasteiger partial charge in [0.05, 0.1) is 5.69 Å². The zero-order chi connectivity index (χ0) is 17.6. The largest absolute Gasteiger partial charge is 0.384 e. The van der Waals surface area contributed by atoms with Crippen LogP contribution in [-0.4, -0.2) is 40.2 Å². The molecule has 2 heterocycles. The number of nitrogen functional groups attached to an aromatic ring is 1. The monoisotopic (exact) mass is 341 g/mol. The molecule has 134 valence electrons. The summed E-state index contributed by atoms with van der Waals surface area (Å²) in [7, 11) is 0. The van der Waals surface area contributed by atoms with E-state index in [4.69, 9.17) is 5.73 Å². The molecule has 1 fully saturated rings. The van der Waals surface area contributed by atoms with Gasteiger partial charge in [0, 0.05) is 25.7 Å². The van der Waals surface area contributed by atoms with Gasteiger partial charge in [-0.1, -0.05) is 30.3 Å². The van der Waals surface area contributed by atoms with Crippen molar-refractivity contribution in [1.82, 2.24) is 20.0 Å². The molecule has 0 unspecified atom stereocenters. The summed E-state index contributed by atoms with van der Waals surface area (Å²) in [5.41, 5.74) is 8.00. The Kier molecular flexibility index (Phi) is 5.71. The van der Waals surface area contributed by atoms with Gasteiger partial charge in [-0.15, -0.1) is 0 Å². The summed E-state index contributed by atoms with van der Waals surface area (Å²) in [6.45, 7) is 6.02. The highest BCUT2D eigenvalue weighted by Crippen LogP contribution is 2.21. The van der Waals surface area contributed by atoms with Crippen molar-refractivity contribution in [2.24, 2.45) is 5.92 Å². The van der Waals surface area contributed by atoms with Crippen LogP contribution in [0.4, 0.5) is 5.82 Å². The molecule has 6 heteroatoms. The summed E-state index contributed by atoms with van der Waals surface area (Å²) in [6.07, 6.45) is 2.22. The van der Waals surface area contributed by atoms with Crippen LogP contribution >= 0.6 is 0 Å². The third-order valence-electron chi connectivity index (χ3n) is 4.72. The van der Waals surface area contributed by atoms with Crippen LogP contribution in [0.1, 0.15) is 24.1 Å². The number of carbonyl (C=O) groups excluding carboxylic acids is 1. The van der Waals surface area contributed by atoms with Gasteiger partial charge in [-0.2, -0.15) is 5.10 Å². The van der Waals surface area contributed by atoms with Crippen LogP contribution in [0.3, 0.4) is 0 Å². The molecule has 1 aliphatic rings. The number of aryl methyl sites for hydroxylation is 1. The number of hydrogen-bond acceptors (Lipinski definition) is 4. The smallest absolute Gasteiger partial charge is 0.241 e. The van der Waals surface area contributed by atoms with Crippen molar-refractivity contribution in [1.29, 1.82) is 0 Å². The fourth-order valence-electron chi connectivity index (χ4n) is 3.43. The quantitative estimate of drug-likeness (QED) is 0.805. The lowest BCUT2D eigenvalue weighted by molar-refractivity contribution is -0.121. The van der Waals surface area contributed by atoms with E-state index >= 15 is 0 Å². The molecule has 0 aliphatic carbocycles. The Balaban J connectivity index is 1.35. The number of aromatic nitrogens is 2. The first-order chi connectivity index (χ1) is 12.1. The van der Waals surface area contributed by atoms with Gasteiger partial charge in [0.15, 0.2) is 0 Å². The van der Waals surface area contributed by atoms with E-state index in [1.54, 1.807) is 10.7 Å². The number of amides is 1. The van der Waals surface area contributed by atoms with Crippen LogP contribution in [0.5, 0.6) is 0 Å². The fourth-order valence-corrected chi connectivity index (χ4v) is 3.43. The number of hydrogen-bond donors (Lipinski definition) is 2. The summed E-state index contributed by atoms with van der Waals surface area (Å²) < 4.78 is 1.54. The maximum Gasteiger partial charge on any atom is 0.241 e. The Morgan fingerprint density at radius 1 is 1.36 bits per heavy atom. The Hall–Kier alpha value is -2.34. The van der Waals surface area contributed by atoms with E-state index < -0.39 is 0 Å². The normalized spacial score (nSPS) is 17.7. The maximum absolute atomic E-state index is 12.0. The van der Waals surface area contributed by atoms with Gasteiger partial charge in [-0.25, -0.2) is 4.68 Å². The average molecular weight is 341 g/mol. The van der Waals surface area contributed by atoms with Gasteiger partial charge in [0.1, 0.15) is 12.4 Å². The predicted octanol–water partition coefficient (Wildman–Crippen LogP) is 1.80. The molecule has 1 aromatic heterocycles. The molecule has 1 amide bonds. The first kappa shape index (κ1) is 17.5. The minimum Gasteiger partial charge on any atom is -0.384 e. The number of nitrogens with zero attached hydrogens (tertiary/aromatic N) is 3. The van der Waals surface area contributed by atoms with Crippen molar-refractivity contribution in [2.75, 3.05) is 25.4 Å². The first-order valence-electron chi connectivity index (χ1n) is 8.93. The van der Waals surface area contributed by atoms with Crippen LogP contribution < -0.4 is 11.1 Å². The highest BCUT2D eigenvalue weighted by atomic mass is 16.2. The number of anilines is 1. The lowest BCUT2D eigenvalue weighted by Crippen LogP contribution is -2.30. The molecule has 1 atom stereocenters. The highest BCUT2D eigenvalue weighted by Gasteiger charge is 2.22. The van der Waals surface area contributed by atoms with Gasteiger partial charge < -0.3 is 11.1 Å². The van der Waals surface area contributed by atoms with E-state index in [-0.39, 0.29) is 12.5 Å². The summed E-state index contributed by atoms with van der Waals surface area (Å²) in [6, 6.07) is 12.4. The Morgan fingerprint density at radius 3 is 2.88 bits per heavy atom. The van der Waals surface area contributed by atoms with Crippen molar-refractivity contribution in [3.8, 4) is 0 Å². The minimum absolute atomic E-state index is 0.0334. The molecule has 0 spiro atoms. The zero-order valence-corrected chi connectivity index (χ0v) is 14.8. The molecule has 6 nitrogen and oxygen atoms in total. The van der Waals surface area contributed by atoms with Gasteiger partial charge in [0.25, 0.3) is 0 Å². The molecule has 1 saturated heterocycles. The summed E-state index contributed by atoms with van der Waals surface area (Å²) in [5, 5.41) is 7.19. The van der Waals surface area contributed by atoms with Crippen molar-refractivity contribution in [3.05, 3.63) is 47.7 Å². The number of nitrogens with one attached hydrogen (secondary N) is 1. The zero-order valence-electron chi connectivity index (χ0n) is 14.8. The second kappa shape index (κ2) is 8.16. The van der Waals surface area contributed by atoms with Crippen LogP contribution in [0.15, 0.2) is 36.4 Å². The lowest BCUT2D eigenvalue weighted by Gasteiger charge is -2.16. The summed E-state index contributed by atoms with van der Waals surface area (Å²) in [4.78, 5) is 14.5. The van der Waals surface area contributed by atoms with E-state index in [1.165, 1.54) is 12.0 Å². The molecule has 1 aromatic carbocycles. The van der Waals surface area contributed by atoms with Crippen LogP contribution in [0.2, 0.25) is 0 Å². The molecule has 2 aromatic rings. The molecule has 25 heavy (non-hydrogen) atoms. The molecular weight excluding hydrogens is 314 g/mol. The van der Waals surface area contributed by atoms with Crippen LogP contribution in [0, 0.1) is 12.8 Å². The summed E-state index contributed by atoms with van der Waals surface area (Å²) in [5.74, 6) is 1.15. The molecule has 0 bridgehead atoms. The Labute approximate surface area is 149 Å². The van der Waals surface area contributed by atoms with Crippen molar-refractivity contribution >= 4 is 11.7 Å². The summed E-state index contributed by atoms with van der Waals surface area (Å²) >= 11 is 0. The Morgan fingerprint density at radius 2 is 2.16 bits per heavy atom. The van der Waals surface area contributed by atoms with Gasteiger partial charge >= 0.3 is 0 Å². The maximum atomic E-state index is 12.0. The van der Waals surface area contributed by atoms with E-state index in [0.29, 0.717) is 18.3 Å². The molecule has 0 saturated carbocycles. The fraction of sp³-hybridized carbons (Fsp3) is 0.474. The molecule has 0 radical (unpaired) electrons. The number of carbonyl (C=O) groups is 1. The number of nitrogens with two attached hydrogens (primary N) is 1. The van der Waals surface area contributed by atoms with Crippen molar-refractivity contribution < 1.29 is 4.79 Å². The van der Waals surface area contributed by atoms with Gasteiger partial charge in [0.2, 0.25) is 5.91 Å². The predicted molar refractivity (Wildman–Crippen MR) is 98.8 cm³/mol. The van der Waals surface area contributed by atoms with Gasteiger partial charge in [-0.05, 0) is 37.8 Å². The number of likely N-dealkylation sites (tertiary alicyclic amines) is 1. The third kappa shape index (κ3) is 5.06. The van der Waals surface area contributed by atoms with Crippen LogP contribution in [0.25, 0.3) is 0 Å². The lowest BCUT2D eigenvalue weighted by atomic mass is 10.1. The van der Waals surface area contributed by atoms with Crippen molar-refractivity contribution in [3.63, 3.8) is 0 Å². The first-order valence-corrected chi connectivity index (χ1v) is 8.93. The standard InChI is InChI=1S/C19H27N5O/c1-15-11-18(20)24(22-15)14-19(25)21-9-7-17-8-10-23(13-17)12-16-5-3-2-4-6-16/h2-6,11,17H,7-10,12-14,20H2,1H3,(H,21,25)/t17-/m1/s1. The second-order valence-electron chi connectivity index (χ2n) is 6.88. The topological polar surface area (TPSA) is 76.2 Å². The van der Waals surface area contributed by atoms with Crippen molar-refractivity contribution in [2.45, 2.75) is 32.9 Å². The van der Waals surface area contributed by atoms with E-state index in [2.05, 4.69) is 45.6 Å². The molecule has 3 rings (SSSR count). The number of rotatable bonds is 7. The SMILES string of the molecule is Cc1cc(N)n(CC(=O)NCC[C@@H]2CCN(Cc3ccccc3)C2)n1. The molecular formula is C19H27N5O.